The zero-order valence-corrected chi connectivity index (χ0v) is 13.7. The van der Waals surface area contributed by atoms with Gasteiger partial charge in [-0.1, -0.05) is 32.4 Å². The first-order chi connectivity index (χ1) is 9.67. The van der Waals surface area contributed by atoms with Crippen LogP contribution in [0.15, 0.2) is 18.2 Å². The quantitative estimate of drug-likeness (QED) is 0.798. The molecule has 1 saturated heterocycles. The number of carbonyl (C=O) groups is 1. The molecule has 2 bridgehead atoms. The van der Waals surface area contributed by atoms with E-state index in [1.165, 1.54) is 6.42 Å². The Morgan fingerprint density at radius 3 is 2.67 bits per heavy atom. The number of nitrogens with zero attached hydrogens (tertiary/aromatic N) is 1. The van der Waals surface area contributed by atoms with Crippen LogP contribution in [0.2, 0.25) is 5.02 Å². The third-order valence-electron chi connectivity index (χ3n) is 4.84. The van der Waals surface area contributed by atoms with Gasteiger partial charge in [-0.2, -0.15) is 0 Å². The molecule has 1 aromatic carbocycles. The van der Waals surface area contributed by atoms with Crippen LogP contribution in [-0.2, 0) is 0 Å². The molecule has 3 nitrogen and oxygen atoms in total. The number of nitrogens with two attached hydrogens (primary N) is 1. The largest absolute Gasteiger partial charge is 0.399 e. The van der Waals surface area contributed by atoms with E-state index in [2.05, 4.69) is 20.8 Å². The van der Waals surface area contributed by atoms with E-state index in [0.29, 0.717) is 27.7 Å². The Bertz CT molecular complexity index is 578. The summed E-state index contributed by atoms with van der Waals surface area (Å²) in [7, 11) is 0. The summed E-state index contributed by atoms with van der Waals surface area (Å²) >= 11 is 6.03. The lowest BCUT2D eigenvalue weighted by molar-refractivity contribution is 0.0708. The van der Waals surface area contributed by atoms with Crippen LogP contribution in [0.5, 0.6) is 0 Å². The molecule has 1 amide bonds. The smallest absolute Gasteiger partial charge is 0.254 e. The first-order valence-corrected chi connectivity index (χ1v) is 7.92. The Labute approximate surface area is 131 Å². The van der Waals surface area contributed by atoms with Gasteiger partial charge in [0.25, 0.3) is 5.91 Å². The monoisotopic (exact) mass is 306 g/mol. The van der Waals surface area contributed by atoms with Gasteiger partial charge in [0.15, 0.2) is 0 Å². The fourth-order valence-corrected chi connectivity index (χ4v) is 4.84. The summed E-state index contributed by atoms with van der Waals surface area (Å²) in [6.07, 6.45) is 3.36. The summed E-state index contributed by atoms with van der Waals surface area (Å²) in [4.78, 5) is 14.9. The van der Waals surface area contributed by atoms with Crippen molar-refractivity contribution in [2.24, 2.45) is 10.8 Å². The molecular weight excluding hydrogens is 284 g/mol. The molecule has 4 heteroatoms. The maximum Gasteiger partial charge on any atom is 0.254 e. The topological polar surface area (TPSA) is 46.3 Å². The Morgan fingerprint density at radius 1 is 1.29 bits per heavy atom. The minimum atomic E-state index is 0.0654. The number of benzene rings is 1. The van der Waals surface area contributed by atoms with Gasteiger partial charge in [0.05, 0.1) is 0 Å². The Hall–Kier alpha value is -1.22. The Kier molecular flexibility index (Phi) is 3.25. The lowest BCUT2D eigenvalue weighted by atomic mass is 9.65. The number of hydrogen-bond acceptors (Lipinski definition) is 2. The van der Waals surface area contributed by atoms with Crippen LogP contribution < -0.4 is 5.73 Å². The van der Waals surface area contributed by atoms with Crippen LogP contribution >= 0.6 is 11.6 Å². The average molecular weight is 307 g/mol. The summed E-state index contributed by atoms with van der Waals surface area (Å²) in [6.45, 7) is 7.76. The number of likely N-dealkylation sites (tertiary alicyclic amines) is 1. The summed E-state index contributed by atoms with van der Waals surface area (Å²) in [5.74, 6) is 0.0654. The molecule has 1 aliphatic heterocycles. The summed E-state index contributed by atoms with van der Waals surface area (Å²) in [6, 6.07) is 5.46. The van der Waals surface area contributed by atoms with Gasteiger partial charge in [0.1, 0.15) is 0 Å². The fraction of sp³-hybridized carbons (Fsp3) is 0.588. The van der Waals surface area contributed by atoms with E-state index in [-0.39, 0.29) is 11.3 Å². The van der Waals surface area contributed by atoms with Crippen molar-refractivity contribution < 1.29 is 4.79 Å². The third-order valence-corrected chi connectivity index (χ3v) is 5.06. The number of fused-ring (bicyclic) bond motifs is 2. The molecule has 21 heavy (non-hydrogen) atoms. The molecule has 0 radical (unpaired) electrons. The first kappa shape index (κ1) is 14.7. The highest BCUT2D eigenvalue weighted by molar-refractivity contribution is 6.31. The molecule has 0 aromatic heterocycles. The normalized spacial score (nSPS) is 30.5. The molecular formula is C17H23ClN2O. The van der Waals surface area contributed by atoms with Crippen molar-refractivity contribution in [3.63, 3.8) is 0 Å². The van der Waals surface area contributed by atoms with Crippen molar-refractivity contribution in [3.8, 4) is 0 Å². The zero-order valence-electron chi connectivity index (χ0n) is 12.9. The standard InChI is InChI=1S/C17H23ClN2O/c1-16(2)7-14-8-17(3,9-16)10-20(14)15(21)11-4-12(18)6-13(19)5-11/h4-6,14H,7-10,19H2,1-3H3. The number of carbonyl (C=O) groups excluding carboxylic acids is 1. The van der Waals surface area contributed by atoms with Crippen molar-refractivity contribution in [1.29, 1.82) is 0 Å². The highest BCUT2D eigenvalue weighted by Crippen LogP contribution is 2.52. The van der Waals surface area contributed by atoms with Crippen LogP contribution in [0.25, 0.3) is 0 Å². The summed E-state index contributed by atoms with van der Waals surface area (Å²) in [5.41, 5.74) is 7.51. The number of amides is 1. The summed E-state index contributed by atoms with van der Waals surface area (Å²) < 4.78 is 0. The molecule has 1 aromatic rings. The fourth-order valence-electron chi connectivity index (χ4n) is 4.60. The van der Waals surface area contributed by atoms with Crippen LogP contribution in [0.3, 0.4) is 0 Å². The molecule has 114 valence electrons. The number of halogens is 1. The van der Waals surface area contributed by atoms with Crippen molar-refractivity contribution in [3.05, 3.63) is 28.8 Å². The second kappa shape index (κ2) is 4.64. The highest BCUT2D eigenvalue weighted by Gasteiger charge is 2.51. The van der Waals surface area contributed by atoms with E-state index >= 15 is 0 Å². The minimum Gasteiger partial charge on any atom is -0.399 e. The molecule has 2 atom stereocenters. The summed E-state index contributed by atoms with van der Waals surface area (Å²) in [5, 5.41) is 0.520. The molecule has 1 heterocycles. The molecule has 0 spiro atoms. The average Bonchev–Trinajstić information content (AvgIpc) is 2.56. The van der Waals surface area contributed by atoms with Gasteiger partial charge in [-0.25, -0.2) is 0 Å². The van der Waals surface area contributed by atoms with Gasteiger partial charge < -0.3 is 10.6 Å². The second-order valence-corrected chi connectivity index (χ2v) is 8.36. The van der Waals surface area contributed by atoms with Gasteiger partial charge in [-0.05, 0) is 48.3 Å². The van der Waals surface area contributed by atoms with Gasteiger partial charge >= 0.3 is 0 Å². The SMILES string of the molecule is CC1(C)CC2CC(C)(CN2C(=O)c2cc(N)cc(Cl)c2)C1. The van der Waals surface area contributed by atoms with Gasteiger partial charge in [0.2, 0.25) is 0 Å². The van der Waals surface area contributed by atoms with Crippen molar-refractivity contribution in [1.82, 2.24) is 4.90 Å². The zero-order chi connectivity index (χ0) is 15.4. The van der Waals surface area contributed by atoms with Crippen molar-refractivity contribution in [2.45, 2.75) is 46.1 Å². The van der Waals surface area contributed by atoms with E-state index in [4.69, 9.17) is 17.3 Å². The number of nitrogen functional groups attached to an aromatic ring is 1. The second-order valence-electron chi connectivity index (χ2n) is 7.92. The molecule has 2 N–H and O–H groups in total. The number of rotatable bonds is 1. The predicted octanol–water partition coefficient (Wildman–Crippen LogP) is 3.96. The molecule has 3 rings (SSSR count). The van der Waals surface area contributed by atoms with E-state index in [1.807, 2.05) is 4.90 Å². The van der Waals surface area contributed by atoms with E-state index in [9.17, 15) is 4.79 Å². The molecule has 2 fully saturated rings. The highest BCUT2D eigenvalue weighted by atomic mass is 35.5. The van der Waals surface area contributed by atoms with E-state index < -0.39 is 0 Å². The molecule has 2 unspecified atom stereocenters. The van der Waals surface area contributed by atoms with Crippen LogP contribution in [0, 0.1) is 10.8 Å². The van der Waals surface area contributed by atoms with Gasteiger partial charge in [-0.15, -0.1) is 0 Å². The number of hydrogen-bond donors (Lipinski definition) is 1. The van der Waals surface area contributed by atoms with Crippen molar-refractivity contribution in [2.75, 3.05) is 12.3 Å². The molecule has 1 aliphatic carbocycles. The first-order valence-electron chi connectivity index (χ1n) is 7.55. The molecule has 1 saturated carbocycles. The third kappa shape index (κ3) is 2.76. The molecule has 2 aliphatic rings. The predicted molar refractivity (Wildman–Crippen MR) is 86.4 cm³/mol. The van der Waals surface area contributed by atoms with E-state index in [1.54, 1.807) is 18.2 Å². The Balaban J connectivity index is 1.89. The van der Waals surface area contributed by atoms with Crippen LogP contribution in [0.4, 0.5) is 5.69 Å². The lowest BCUT2D eigenvalue weighted by Crippen LogP contribution is -2.37. The van der Waals surface area contributed by atoms with Crippen LogP contribution in [0.1, 0.15) is 50.4 Å². The van der Waals surface area contributed by atoms with Crippen molar-refractivity contribution >= 4 is 23.2 Å². The maximum absolute atomic E-state index is 12.9. The van der Waals surface area contributed by atoms with Gasteiger partial charge in [-0.3, -0.25) is 4.79 Å². The lowest BCUT2D eigenvalue weighted by Gasteiger charge is -2.39. The minimum absolute atomic E-state index is 0.0654. The number of anilines is 1. The Morgan fingerprint density at radius 2 is 2.00 bits per heavy atom. The van der Waals surface area contributed by atoms with E-state index in [0.717, 1.165) is 19.4 Å². The van der Waals surface area contributed by atoms with Crippen LogP contribution in [-0.4, -0.2) is 23.4 Å². The van der Waals surface area contributed by atoms with Gasteiger partial charge in [0, 0.05) is 28.9 Å². The maximum atomic E-state index is 12.9.